The summed E-state index contributed by atoms with van der Waals surface area (Å²) in [6.45, 7) is 4.96. The molecule has 0 aromatic heterocycles. The van der Waals surface area contributed by atoms with Crippen LogP contribution >= 0.6 is 0 Å². The summed E-state index contributed by atoms with van der Waals surface area (Å²) in [5.74, 6) is -0.934. The molecule has 0 unspecified atom stereocenters. The van der Waals surface area contributed by atoms with Crippen molar-refractivity contribution in [1.29, 1.82) is 0 Å². The fourth-order valence-corrected chi connectivity index (χ4v) is 1.20. The first kappa shape index (κ1) is 10.6. The van der Waals surface area contributed by atoms with Gasteiger partial charge in [0.1, 0.15) is 5.75 Å². The minimum atomic E-state index is -3.66. The molecule has 0 aliphatic heterocycles. The van der Waals surface area contributed by atoms with Crippen molar-refractivity contribution in [3.8, 4) is 0 Å². The zero-order chi connectivity index (χ0) is 9.28. The van der Waals surface area contributed by atoms with Crippen LogP contribution in [0.3, 0.4) is 0 Å². The van der Waals surface area contributed by atoms with Crippen molar-refractivity contribution in [2.24, 2.45) is 10.6 Å². The summed E-state index contributed by atoms with van der Waals surface area (Å²) in [7, 11) is -3.66. The lowest BCUT2D eigenvalue weighted by Gasteiger charge is -2.14. The molecule has 66 valence electrons. The summed E-state index contributed by atoms with van der Waals surface area (Å²) in [5, 5.41) is 4.68. The van der Waals surface area contributed by atoms with Crippen molar-refractivity contribution in [3.05, 3.63) is 0 Å². The van der Waals surface area contributed by atoms with Gasteiger partial charge in [0.05, 0.1) is 0 Å². The van der Waals surface area contributed by atoms with E-state index in [1.54, 1.807) is 20.8 Å². The SMILES string of the molecule is CC(C)(C)C(=O)CS(N)(=O)=O. The second kappa shape index (κ2) is 2.91. The van der Waals surface area contributed by atoms with Gasteiger partial charge in [0.15, 0.2) is 5.78 Å². The lowest BCUT2D eigenvalue weighted by molar-refractivity contribution is -0.123. The van der Waals surface area contributed by atoms with E-state index in [1.807, 2.05) is 0 Å². The summed E-state index contributed by atoms with van der Waals surface area (Å²) < 4.78 is 20.9. The average molecular weight is 179 g/mol. The van der Waals surface area contributed by atoms with Gasteiger partial charge in [-0.2, -0.15) is 0 Å². The smallest absolute Gasteiger partial charge is 0.216 e. The van der Waals surface area contributed by atoms with E-state index < -0.39 is 21.2 Å². The van der Waals surface area contributed by atoms with Crippen LogP contribution in [0.2, 0.25) is 0 Å². The summed E-state index contributed by atoms with van der Waals surface area (Å²) in [4.78, 5) is 11.0. The Balaban J connectivity index is 4.35. The van der Waals surface area contributed by atoms with Gasteiger partial charge in [-0.25, -0.2) is 13.6 Å². The maximum absolute atomic E-state index is 11.0. The van der Waals surface area contributed by atoms with E-state index in [-0.39, 0.29) is 5.78 Å². The maximum Gasteiger partial charge on any atom is 0.216 e. The largest absolute Gasteiger partial charge is 0.298 e. The molecule has 0 aromatic carbocycles. The Labute approximate surface area is 66.8 Å². The van der Waals surface area contributed by atoms with Crippen LogP contribution in [0.15, 0.2) is 0 Å². The Bertz CT molecular complexity index is 247. The molecule has 0 bridgehead atoms. The van der Waals surface area contributed by atoms with Crippen LogP contribution in [-0.2, 0) is 14.8 Å². The molecule has 0 amide bonds. The van der Waals surface area contributed by atoms with Gasteiger partial charge in [0.2, 0.25) is 10.0 Å². The van der Waals surface area contributed by atoms with Gasteiger partial charge in [0.25, 0.3) is 0 Å². The predicted molar refractivity (Wildman–Crippen MR) is 42.4 cm³/mol. The van der Waals surface area contributed by atoms with Crippen molar-refractivity contribution >= 4 is 15.8 Å². The van der Waals surface area contributed by atoms with Crippen molar-refractivity contribution in [3.63, 3.8) is 0 Å². The van der Waals surface area contributed by atoms with E-state index in [0.29, 0.717) is 0 Å². The summed E-state index contributed by atoms with van der Waals surface area (Å²) in [6, 6.07) is 0. The number of sulfonamides is 1. The first-order valence-corrected chi connectivity index (χ1v) is 4.88. The lowest BCUT2D eigenvalue weighted by atomic mass is 9.92. The summed E-state index contributed by atoms with van der Waals surface area (Å²) >= 11 is 0. The standard InChI is InChI=1S/C6H13NO3S/c1-6(2,3)5(8)4-11(7,9)10/h4H2,1-3H3,(H2,7,9,10). The monoisotopic (exact) mass is 179 g/mol. The Hall–Kier alpha value is -0.420. The molecule has 0 aliphatic rings. The summed E-state index contributed by atoms with van der Waals surface area (Å²) in [6.07, 6.45) is 0. The summed E-state index contributed by atoms with van der Waals surface area (Å²) in [5.41, 5.74) is -0.633. The first-order valence-electron chi connectivity index (χ1n) is 3.17. The van der Waals surface area contributed by atoms with E-state index in [2.05, 4.69) is 5.14 Å². The minimum absolute atomic E-state index is 0.361. The van der Waals surface area contributed by atoms with Crippen LogP contribution in [0, 0.1) is 5.41 Å². The molecule has 2 N–H and O–H groups in total. The molecule has 0 fully saturated rings. The van der Waals surface area contributed by atoms with Crippen molar-refractivity contribution in [2.45, 2.75) is 20.8 Å². The molecule has 0 saturated heterocycles. The van der Waals surface area contributed by atoms with Gasteiger partial charge in [-0.3, -0.25) is 4.79 Å². The van der Waals surface area contributed by atoms with Crippen LogP contribution in [0.1, 0.15) is 20.8 Å². The van der Waals surface area contributed by atoms with Crippen molar-refractivity contribution in [1.82, 2.24) is 0 Å². The number of hydrogen-bond acceptors (Lipinski definition) is 3. The van der Waals surface area contributed by atoms with Crippen LogP contribution < -0.4 is 5.14 Å². The highest BCUT2D eigenvalue weighted by molar-refractivity contribution is 7.89. The van der Waals surface area contributed by atoms with Gasteiger partial charge in [0, 0.05) is 5.41 Å². The molecule has 11 heavy (non-hydrogen) atoms. The number of nitrogens with two attached hydrogens (primary N) is 1. The van der Waals surface area contributed by atoms with E-state index in [9.17, 15) is 13.2 Å². The van der Waals surface area contributed by atoms with E-state index >= 15 is 0 Å². The molecule has 0 spiro atoms. The molecule has 0 aromatic rings. The first-order chi connectivity index (χ1) is 4.63. The van der Waals surface area contributed by atoms with Crippen molar-refractivity contribution in [2.75, 3.05) is 5.75 Å². The molecule has 0 atom stereocenters. The third kappa shape index (κ3) is 4.92. The average Bonchev–Trinajstić information content (AvgIpc) is 1.56. The molecule has 0 radical (unpaired) electrons. The van der Waals surface area contributed by atoms with Crippen LogP contribution in [-0.4, -0.2) is 20.0 Å². The van der Waals surface area contributed by atoms with Crippen LogP contribution in [0.25, 0.3) is 0 Å². The highest BCUT2D eigenvalue weighted by atomic mass is 32.2. The number of rotatable bonds is 2. The minimum Gasteiger partial charge on any atom is -0.298 e. The molecule has 0 saturated carbocycles. The number of ketones is 1. The molecule has 0 heterocycles. The fraction of sp³-hybridized carbons (Fsp3) is 0.833. The number of Topliss-reactive ketones (excluding diaryl/α,β-unsaturated/α-hetero) is 1. The number of carbonyl (C=O) groups excluding carboxylic acids is 1. The van der Waals surface area contributed by atoms with Crippen molar-refractivity contribution < 1.29 is 13.2 Å². The van der Waals surface area contributed by atoms with Crippen LogP contribution in [0.4, 0.5) is 0 Å². The predicted octanol–water partition coefficient (Wildman–Crippen LogP) is -0.110. The number of carbonyl (C=O) groups is 1. The third-order valence-corrected chi connectivity index (χ3v) is 1.83. The quantitative estimate of drug-likeness (QED) is 0.642. The molecular formula is C6H13NO3S. The molecule has 0 rings (SSSR count). The Morgan fingerprint density at radius 2 is 1.73 bits per heavy atom. The molecule has 4 nitrogen and oxygen atoms in total. The Kier molecular flexibility index (Phi) is 2.79. The second-order valence-electron chi connectivity index (χ2n) is 3.48. The molecule has 5 heteroatoms. The topological polar surface area (TPSA) is 77.2 Å². The van der Waals surface area contributed by atoms with E-state index in [4.69, 9.17) is 0 Å². The molecule has 0 aliphatic carbocycles. The zero-order valence-electron chi connectivity index (χ0n) is 6.92. The van der Waals surface area contributed by atoms with Crippen LogP contribution in [0.5, 0.6) is 0 Å². The van der Waals surface area contributed by atoms with E-state index in [1.165, 1.54) is 0 Å². The highest BCUT2D eigenvalue weighted by Crippen LogP contribution is 2.14. The number of hydrogen-bond donors (Lipinski definition) is 1. The third-order valence-electron chi connectivity index (χ3n) is 1.17. The van der Waals surface area contributed by atoms with Gasteiger partial charge in [-0.1, -0.05) is 20.8 Å². The van der Waals surface area contributed by atoms with Gasteiger partial charge in [-0.05, 0) is 0 Å². The second-order valence-corrected chi connectivity index (χ2v) is 5.09. The molecular weight excluding hydrogens is 166 g/mol. The van der Waals surface area contributed by atoms with Gasteiger partial charge in [-0.15, -0.1) is 0 Å². The Morgan fingerprint density at radius 3 is 1.82 bits per heavy atom. The lowest BCUT2D eigenvalue weighted by Crippen LogP contribution is -2.31. The normalized spacial score (nSPS) is 13.1. The fourth-order valence-electron chi connectivity index (χ4n) is 0.399. The van der Waals surface area contributed by atoms with Gasteiger partial charge < -0.3 is 0 Å². The highest BCUT2D eigenvalue weighted by Gasteiger charge is 2.24. The van der Waals surface area contributed by atoms with Gasteiger partial charge >= 0.3 is 0 Å². The van der Waals surface area contributed by atoms with E-state index in [0.717, 1.165) is 0 Å². The Morgan fingerprint density at radius 1 is 1.36 bits per heavy atom. The maximum atomic E-state index is 11.0. The number of primary sulfonamides is 1. The zero-order valence-corrected chi connectivity index (χ0v) is 7.73.